The van der Waals surface area contributed by atoms with Gasteiger partial charge in [-0.15, -0.1) is 0 Å². The number of benzene rings is 1. The van der Waals surface area contributed by atoms with Crippen LogP contribution in [0.4, 0.5) is 4.39 Å². The summed E-state index contributed by atoms with van der Waals surface area (Å²) in [4.78, 5) is 0. The van der Waals surface area contributed by atoms with Crippen molar-refractivity contribution in [3.8, 4) is 0 Å². The molecule has 2 aliphatic rings. The predicted octanol–water partition coefficient (Wildman–Crippen LogP) is 9.13. The smallest absolute Gasteiger partial charge is 0.129 e. The van der Waals surface area contributed by atoms with Gasteiger partial charge in [-0.05, 0) is 66.7 Å². The van der Waals surface area contributed by atoms with E-state index < -0.39 is 11.9 Å². The van der Waals surface area contributed by atoms with E-state index in [0.29, 0.717) is 12.3 Å². The molecule has 1 nitrogen and oxygen atoms in total. The van der Waals surface area contributed by atoms with Crippen LogP contribution in [0.3, 0.4) is 0 Å². The third-order valence-corrected chi connectivity index (χ3v) is 6.89. The molecule has 3 rings (SSSR count). The summed E-state index contributed by atoms with van der Waals surface area (Å²) in [6.45, 7) is 6.79. The number of hydrogen-bond acceptors (Lipinski definition) is 1. The van der Waals surface area contributed by atoms with Crippen molar-refractivity contribution < 1.29 is 9.50 Å². The van der Waals surface area contributed by atoms with Crippen LogP contribution in [0.1, 0.15) is 121 Å². The maximum atomic E-state index is 13.6. The predicted molar refractivity (Wildman–Crippen MR) is 133 cm³/mol. The highest BCUT2D eigenvalue weighted by atomic mass is 19.1. The molecular formula is C29H45FO. The Labute approximate surface area is 190 Å². The van der Waals surface area contributed by atoms with E-state index in [1.54, 1.807) is 0 Å². The monoisotopic (exact) mass is 428 g/mol. The zero-order chi connectivity index (χ0) is 22.5. The van der Waals surface area contributed by atoms with Gasteiger partial charge in [0.1, 0.15) is 11.9 Å². The minimum absolute atomic E-state index is 0.362. The summed E-state index contributed by atoms with van der Waals surface area (Å²) in [7, 11) is 0. The van der Waals surface area contributed by atoms with E-state index in [4.69, 9.17) is 0 Å². The second kappa shape index (κ2) is 14.6. The molecule has 0 heterocycles. The van der Waals surface area contributed by atoms with Crippen LogP contribution in [-0.4, -0.2) is 11.2 Å². The van der Waals surface area contributed by atoms with Gasteiger partial charge in [0.2, 0.25) is 0 Å². The van der Waals surface area contributed by atoms with Crippen molar-refractivity contribution in [2.24, 2.45) is 5.92 Å². The van der Waals surface area contributed by atoms with Gasteiger partial charge in [-0.2, -0.15) is 0 Å². The van der Waals surface area contributed by atoms with Crippen LogP contribution in [0.2, 0.25) is 0 Å². The molecule has 0 spiro atoms. The number of aliphatic hydroxyl groups is 1. The maximum Gasteiger partial charge on any atom is 0.129 e. The topological polar surface area (TPSA) is 20.2 Å². The fraction of sp³-hybridized carbons (Fsp3) is 0.655. The Bertz CT molecular complexity index is 658. The lowest BCUT2D eigenvalue weighted by Crippen LogP contribution is -2.13. The summed E-state index contributed by atoms with van der Waals surface area (Å²) in [6.07, 6.45) is 19.3. The Kier molecular flexibility index (Phi) is 12.2. The number of aliphatic hydroxyl groups excluding tert-OH is 1. The SMILES string of the molecule is CCCC1CCC(c2ccc(C3=CCC(O)C(F)=C3)cc2)CC1.CCCCCCCC. The van der Waals surface area contributed by atoms with Crippen molar-refractivity contribution in [3.05, 3.63) is 53.4 Å². The number of hydrogen-bond donors (Lipinski definition) is 1. The first-order chi connectivity index (χ1) is 15.1. The lowest BCUT2D eigenvalue weighted by atomic mass is 9.77. The third kappa shape index (κ3) is 8.93. The van der Waals surface area contributed by atoms with E-state index in [1.165, 1.54) is 88.7 Å². The van der Waals surface area contributed by atoms with Gasteiger partial charge in [0.15, 0.2) is 0 Å². The van der Waals surface area contributed by atoms with Crippen molar-refractivity contribution in [2.75, 3.05) is 0 Å². The van der Waals surface area contributed by atoms with Gasteiger partial charge in [-0.25, -0.2) is 4.39 Å². The van der Waals surface area contributed by atoms with E-state index in [1.807, 2.05) is 6.08 Å². The standard InChI is InChI=1S/C21H27FO.C8H18/c1-2-3-15-4-6-16(7-5-15)17-8-10-18(11-9-17)19-12-13-21(23)20(22)14-19;1-3-5-7-8-6-4-2/h8-12,14-16,21,23H,2-7,13H2,1H3;3-8H2,1-2H3. The molecule has 2 heteroatoms. The van der Waals surface area contributed by atoms with Crippen LogP contribution >= 0.6 is 0 Å². The fourth-order valence-electron chi connectivity index (χ4n) is 4.85. The first kappa shape index (κ1) is 25.8. The summed E-state index contributed by atoms with van der Waals surface area (Å²) in [5.41, 5.74) is 3.34. The average molecular weight is 429 g/mol. The van der Waals surface area contributed by atoms with Crippen LogP contribution in [0, 0.1) is 5.92 Å². The van der Waals surface area contributed by atoms with Crippen LogP contribution in [0.25, 0.3) is 5.57 Å². The normalized spacial score (nSPS) is 23.5. The third-order valence-electron chi connectivity index (χ3n) is 6.89. The van der Waals surface area contributed by atoms with Crippen molar-refractivity contribution in [1.82, 2.24) is 0 Å². The van der Waals surface area contributed by atoms with Gasteiger partial charge < -0.3 is 5.11 Å². The molecule has 1 saturated carbocycles. The average Bonchev–Trinajstić information content (AvgIpc) is 2.80. The highest BCUT2D eigenvalue weighted by Gasteiger charge is 2.22. The van der Waals surface area contributed by atoms with Crippen molar-refractivity contribution in [2.45, 2.75) is 116 Å². The number of unbranched alkanes of at least 4 members (excludes halogenated alkanes) is 5. The zero-order valence-electron chi connectivity index (χ0n) is 20.2. The first-order valence-corrected chi connectivity index (χ1v) is 12.9. The summed E-state index contributed by atoms with van der Waals surface area (Å²) in [5, 5.41) is 9.43. The second-order valence-corrected chi connectivity index (χ2v) is 9.48. The molecule has 174 valence electrons. The molecule has 1 aromatic rings. The van der Waals surface area contributed by atoms with Gasteiger partial charge in [0, 0.05) is 0 Å². The molecular weight excluding hydrogens is 383 g/mol. The molecule has 1 aromatic carbocycles. The van der Waals surface area contributed by atoms with E-state index in [9.17, 15) is 9.50 Å². The van der Waals surface area contributed by atoms with Gasteiger partial charge in [0.05, 0.1) is 0 Å². The first-order valence-electron chi connectivity index (χ1n) is 12.9. The summed E-state index contributed by atoms with van der Waals surface area (Å²) < 4.78 is 13.6. The Morgan fingerprint density at radius 3 is 1.97 bits per heavy atom. The van der Waals surface area contributed by atoms with Gasteiger partial charge >= 0.3 is 0 Å². The molecule has 1 atom stereocenters. The largest absolute Gasteiger partial charge is 0.386 e. The number of halogens is 1. The Balaban J connectivity index is 0.000000366. The van der Waals surface area contributed by atoms with E-state index in [0.717, 1.165) is 17.1 Å². The number of allylic oxidation sites excluding steroid dienone is 2. The van der Waals surface area contributed by atoms with Gasteiger partial charge in [0.25, 0.3) is 0 Å². The van der Waals surface area contributed by atoms with Gasteiger partial charge in [-0.3, -0.25) is 0 Å². The molecule has 0 radical (unpaired) electrons. The quantitative estimate of drug-likeness (QED) is 0.389. The molecule has 2 aliphatic carbocycles. The molecule has 0 saturated heterocycles. The molecule has 0 bridgehead atoms. The summed E-state index contributed by atoms with van der Waals surface area (Å²) in [6, 6.07) is 8.61. The molecule has 1 N–H and O–H groups in total. The molecule has 0 amide bonds. The lowest BCUT2D eigenvalue weighted by Gasteiger charge is -2.28. The lowest BCUT2D eigenvalue weighted by molar-refractivity contribution is 0.184. The summed E-state index contributed by atoms with van der Waals surface area (Å²) >= 11 is 0. The molecule has 1 unspecified atom stereocenters. The summed E-state index contributed by atoms with van der Waals surface area (Å²) in [5.74, 6) is 1.19. The maximum absolute atomic E-state index is 13.6. The molecule has 31 heavy (non-hydrogen) atoms. The Morgan fingerprint density at radius 1 is 0.839 bits per heavy atom. The van der Waals surface area contributed by atoms with E-state index >= 15 is 0 Å². The van der Waals surface area contributed by atoms with E-state index in [-0.39, 0.29) is 0 Å². The minimum Gasteiger partial charge on any atom is -0.386 e. The second-order valence-electron chi connectivity index (χ2n) is 9.48. The van der Waals surface area contributed by atoms with Crippen molar-refractivity contribution >= 4 is 5.57 Å². The highest BCUT2D eigenvalue weighted by Crippen LogP contribution is 2.38. The van der Waals surface area contributed by atoms with Gasteiger partial charge in [-0.1, -0.05) is 102 Å². The fourth-order valence-corrected chi connectivity index (χ4v) is 4.85. The minimum atomic E-state index is -0.962. The van der Waals surface area contributed by atoms with Crippen LogP contribution < -0.4 is 0 Å². The molecule has 0 aromatic heterocycles. The Hall–Kier alpha value is -1.41. The van der Waals surface area contributed by atoms with Crippen LogP contribution in [-0.2, 0) is 0 Å². The van der Waals surface area contributed by atoms with Crippen molar-refractivity contribution in [1.29, 1.82) is 0 Å². The number of rotatable bonds is 9. The van der Waals surface area contributed by atoms with Crippen LogP contribution in [0.15, 0.2) is 42.2 Å². The molecule has 1 fully saturated rings. The zero-order valence-corrected chi connectivity index (χ0v) is 20.2. The Morgan fingerprint density at radius 2 is 1.45 bits per heavy atom. The van der Waals surface area contributed by atoms with Crippen molar-refractivity contribution in [3.63, 3.8) is 0 Å². The van der Waals surface area contributed by atoms with E-state index in [2.05, 4.69) is 45.0 Å². The highest BCUT2D eigenvalue weighted by molar-refractivity contribution is 5.75. The molecule has 0 aliphatic heterocycles. The van der Waals surface area contributed by atoms with Crippen LogP contribution in [0.5, 0.6) is 0 Å².